The summed E-state index contributed by atoms with van der Waals surface area (Å²) in [5.74, 6) is -0.100. The minimum atomic E-state index is -0.518. The van der Waals surface area contributed by atoms with Gasteiger partial charge in [-0.1, -0.05) is 27.5 Å². The number of piperidine rings is 1. The Kier molecular flexibility index (Phi) is 4.87. The Balaban J connectivity index is 2.28. The summed E-state index contributed by atoms with van der Waals surface area (Å²) in [5, 5.41) is 10.3. The monoisotopic (exact) mass is 345 g/mol. The second-order valence-electron chi connectivity index (χ2n) is 4.93. The molecule has 19 heavy (non-hydrogen) atoms. The van der Waals surface area contributed by atoms with Crippen LogP contribution in [0, 0.1) is 0 Å². The number of aliphatic hydroxyl groups excluding tert-OH is 1. The minimum Gasteiger partial charge on any atom is -0.391 e. The molecule has 1 aromatic rings. The summed E-state index contributed by atoms with van der Waals surface area (Å²) in [7, 11) is 0. The van der Waals surface area contributed by atoms with Gasteiger partial charge in [0.1, 0.15) is 0 Å². The Morgan fingerprint density at radius 1 is 1.53 bits per heavy atom. The normalized spacial score (nSPS) is 21.3. The molecule has 1 aliphatic heterocycles. The van der Waals surface area contributed by atoms with Gasteiger partial charge in [-0.15, -0.1) is 0 Å². The van der Waals surface area contributed by atoms with Crippen molar-refractivity contribution in [3.8, 4) is 0 Å². The van der Waals surface area contributed by atoms with E-state index in [-0.39, 0.29) is 11.9 Å². The van der Waals surface area contributed by atoms with Gasteiger partial charge in [0.15, 0.2) is 0 Å². The average Bonchev–Trinajstić information content (AvgIpc) is 2.40. The quantitative estimate of drug-likeness (QED) is 0.890. The third-order valence-electron chi connectivity index (χ3n) is 3.53. The largest absolute Gasteiger partial charge is 0.391 e. The van der Waals surface area contributed by atoms with Gasteiger partial charge >= 0.3 is 0 Å². The van der Waals surface area contributed by atoms with Gasteiger partial charge < -0.3 is 10.0 Å². The van der Waals surface area contributed by atoms with Gasteiger partial charge in [0, 0.05) is 11.0 Å². The molecule has 2 unspecified atom stereocenters. The predicted molar refractivity (Wildman–Crippen MR) is 79.5 cm³/mol. The molecule has 0 radical (unpaired) electrons. The maximum atomic E-state index is 12.6. The van der Waals surface area contributed by atoms with E-state index in [1.807, 2.05) is 6.07 Å². The maximum Gasteiger partial charge on any atom is 0.255 e. The van der Waals surface area contributed by atoms with E-state index in [4.69, 9.17) is 11.6 Å². The molecule has 0 bridgehead atoms. The Morgan fingerprint density at radius 3 is 2.95 bits per heavy atom. The molecule has 1 fully saturated rings. The van der Waals surface area contributed by atoms with Crippen LogP contribution in [-0.4, -0.2) is 34.6 Å². The number of carbonyl (C=O) groups is 1. The van der Waals surface area contributed by atoms with Gasteiger partial charge in [0.2, 0.25) is 0 Å². The molecule has 104 valence electrons. The molecule has 0 spiro atoms. The number of halogens is 2. The molecule has 3 nitrogen and oxygen atoms in total. The molecule has 1 amide bonds. The summed E-state index contributed by atoms with van der Waals surface area (Å²) in [5.41, 5.74) is 0.489. The van der Waals surface area contributed by atoms with Gasteiger partial charge in [-0.2, -0.15) is 0 Å². The van der Waals surface area contributed by atoms with Crippen LogP contribution in [0.15, 0.2) is 22.7 Å². The summed E-state index contributed by atoms with van der Waals surface area (Å²) in [4.78, 5) is 14.3. The van der Waals surface area contributed by atoms with Crippen molar-refractivity contribution < 1.29 is 9.90 Å². The fourth-order valence-corrected chi connectivity index (χ4v) is 3.09. The number of aliphatic hydroxyl groups is 1. The highest BCUT2D eigenvalue weighted by Gasteiger charge is 2.31. The van der Waals surface area contributed by atoms with Crippen molar-refractivity contribution in [2.24, 2.45) is 0 Å². The molecule has 0 saturated carbocycles. The topological polar surface area (TPSA) is 40.5 Å². The van der Waals surface area contributed by atoms with Crippen LogP contribution in [0.1, 0.15) is 36.5 Å². The van der Waals surface area contributed by atoms with Crippen LogP contribution in [0.4, 0.5) is 0 Å². The van der Waals surface area contributed by atoms with E-state index < -0.39 is 6.10 Å². The standard InChI is InChI=1S/C14H17BrClNO2/c1-9(18)13-4-2-3-7-17(13)14(19)11-8-10(15)5-6-12(11)16/h5-6,8-9,13,18H,2-4,7H2,1H3. The van der Waals surface area contributed by atoms with Gasteiger partial charge in [-0.05, 0) is 44.4 Å². The SMILES string of the molecule is CC(O)C1CCCCN1C(=O)c1cc(Br)ccc1Cl. The predicted octanol–water partition coefficient (Wildman–Crippen LogP) is 3.48. The van der Waals surface area contributed by atoms with Crippen LogP contribution in [0.25, 0.3) is 0 Å². The first kappa shape index (κ1) is 14.8. The highest BCUT2D eigenvalue weighted by atomic mass is 79.9. The highest BCUT2D eigenvalue weighted by Crippen LogP contribution is 2.27. The summed E-state index contributed by atoms with van der Waals surface area (Å²) >= 11 is 9.46. The number of amides is 1. The van der Waals surface area contributed by atoms with Crippen molar-refractivity contribution in [3.63, 3.8) is 0 Å². The number of nitrogens with zero attached hydrogens (tertiary/aromatic N) is 1. The summed E-state index contributed by atoms with van der Waals surface area (Å²) in [6, 6.07) is 5.14. The molecule has 1 aliphatic rings. The van der Waals surface area contributed by atoms with E-state index in [1.54, 1.807) is 24.0 Å². The van der Waals surface area contributed by atoms with Crippen molar-refractivity contribution in [2.45, 2.75) is 38.3 Å². The third kappa shape index (κ3) is 3.30. The molecule has 1 aromatic carbocycles. The first-order valence-electron chi connectivity index (χ1n) is 6.45. The molecule has 0 aliphatic carbocycles. The summed E-state index contributed by atoms with van der Waals surface area (Å²) < 4.78 is 0.825. The zero-order chi connectivity index (χ0) is 14.0. The number of likely N-dealkylation sites (tertiary alicyclic amines) is 1. The number of benzene rings is 1. The Morgan fingerprint density at radius 2 is 2.26 bits per heavy atom. The van der Waals surface area contributed by atoms with Crippen LogP contribution in [0.2, 0.25) is 5.02 Å². The van der Waals surface area contributed by atoms with Crippen molar-refractivity contribution in [3.05, 3.63) is 33.3 Å². The van der Waals surface area contributed by atoms with E-state index in [0.29, 0.717) is 17.1 Å². The first-order valence-corrected chi connectivity index (χ1v) is 7.62. The smallest absolute Gasteiger partial charge is 0.255 e. The van der Waals surface area contributed by atoms with Crippen LogP contribution in [0.3, 0.4) is 0 Å². The lowest BCUT2D eigenvalue weighted by Crippen LogP contribution is -2.49. The van der Waals surface area contributed by atoms with Crippen LogP contribution in [-0.2, 0) is 0 Å². The minimum absolute atomic E-state index is 0.100. The van der Waals surface area contributed by atoms with Crippen LogP contribution >= 0.6 is 27.5 Å². The average molecular weight is 347 g/mol. The van der Waals surface area contributed by atoms with Crippen molar-refractivity contribution in [2.75, 3.05) is 6.54 Å². The van der Waals surface area contributed by atoms with E-state index in [9.17, 15) is 9.90 Å². The second-order valence-corrected chi connectivity index (χ2v) is 6.25. The van der Waals surface area contributed by atoms with E-state index in [0.717, 1.165) is 23.7 Å². The van der Waals surface area contributed by atoms with Gasteiger partial charge in [-0.3, -0.25) is 4.79 Å². The third-order valence-corrected chi connectivity index (χ3v) is 4.35. The molecule has 5 heteroatoms. The summed E-state index contributed by atoms with van der Waals surface area (Å²) in [6.45, 7) is 2.41. The lowest BCUT2D eigenvalue weighted by Gasteiger charge is -2.37. The Hall–Kier alpha value is -0.580. The fraction of sp³-hybridized carbons (Fsp3) is 0.500. The molecule has 2 rings (SSSR count). The number of rotatable bonds is 2. The lowest BCUT2D eigenvalue weighted by molar-refractivity contribution is 0.0281. The Labute approximate surface area is 126 Å². The number of hydrogen-bond donors (Lipinski definition) is 1. The van der Waals surface area contributed by atoms with Crippen LogP contribution in [0.5, 0.6) is 0 Å². The first-order chi connectivity index (χ1) is 9.00. The van der Waals surface area contributed by atoms with Crippen molar-refractivity contribution in [1.29, 1.82) is 0 Å². The second kappa shape index (κ2) is 6.25. The van der Waals surface area contributed by atoms with Gasteiger partial charge in [0.05, 0.1) is 22.7 Å². The molecule has 0 aromatic heterocycles. The lowest BCUT2D eigenvalue weighted by atomic mass is 9.97. The van der Waals surface area contributed by atoms with E-state index in [2.05, 4.69) is 15.9 Å². The molecule has 1 saturated heterocycles. The van der Waals surface area contributed by atoms with Gasteiger partial charge in [-0.25, -0.2) is 0 Å². The zero-order valence-corrected chi connectivity index (χ0v) is 13.1. The number of carbonyl (C=O) groups excluding carboxylic acids is 1. The highest BCUT2D eigenvalue weighted by molar-refractivity contribution is 9.10. The van der Waals surface area contributed by atoms with Gasteiger partial charge in [0.25, 0.3) is 5.91 Å². The molecular weight excluding hydrogens is 330 g/mol. The van der Waals surface area contributed by atoms with E-state index >= 15 is 0 Å². The van der Waals surface area contributed by atoms with E-state index in [1.165, 1.54) is 0 Å². The zero-order valence-electron chi connectivity index (χ0n) is 10.8. The molecule has 1 N–H and O–H groups in total. The molecular formula is C14H17BrClNO2. The van der Waals surface area contributed by atoms with Crippen LogP contribution < -0.4 is 0 Å². The number of hydrogen-bond acceptors (Lipinski definition) is 2. The maximum absolute atomic E-state index is 12.6. The van der Waals surface area contributed by atoms with Crippen molar-refractivity contribution >= 4 is 33.4 Å². The van der Waals surface area contributed by atoms with Crippen molar-refractivity contribution in [1.82, 2.24) is 4.90 Å². The summed E-state index contributed by atoms with van der Waals surface area (Å²) in [6.07, 6.45) is 2.34. The molecule has 1 heterocycles. The molecule has 2 atom stereocenters. The Bertz CT molecular complexity index is 479. The fourth-order valence-electron chi connectivity index (χ4n) is 2.53.